The smallest absolute Gasteiger partial charge is 0.312 e. The lowest BCUT2D eigenvalue weighted by Gasteiger charge is -2.45. The van der Waals surface area contributed by atoms with Gasteiger partial charge in [0.2, 0.25) is 0 Å². The zero-order valence-corrected chi connectivity index (χ0v) is 13.7. The molecule has 0 spiro atoms. The van der Waals surface area contributed by atoms with Crippen molar-refractivity contribution in [1.29, 1.82) is 0 Å². The van der Waals surface area contributed by atoms with Gasteiger partial charge in [0.25, 0.3) is 0 Å². The minimum atomic E-state index is -0.458. The van der Waals surface area contributed by atoms with Gasteiger partial charge in [-0.05, 0) is 43.9 Å². The van der Waals surface area contributed by atoms with Crippen molar-refractivity contribution >= 4 is 5.97 Å². The maximum Gasteiger partial charge on any atom is 0.312 e. The van der Waals surface area contributed by atoms with E-state index in [9.17, 15) is 4.79 Å². The summed E-state index contributed by atoms with van der Waals surface area (Å²) in [6, 6.07) is 0.489. The second kappa shape index (κ2) is 5.43. The van der Waals surface area contributed by atoms with Gasteiger partial charge in [0.15, 0.2) is 0 Å². The summed E-state index contributed by atoms with van der Waals surface area (Å²) in [5.74, 6) is -0.144. The molecule has 1 rings (SSSR count). The van der Waals surface area contributed by atoms with Crippen molar-refractivity contribution in [2.45, 2.75) is 66.8 Å². The van der Waals surface area contributed by atoms with E-state index in [1.165, 1.54) is 26.4 Å². The average Bonchev–Trinajstić information content (AvgIpc) is 2.21. The summed E-state index contributed by atoms with van der Waals surface area (Å²) in [4.78, 5) is 11.7. The molecule has 0 saturated heterocycles. The van der Waals surface area contributed by atoms with E-state index in [0.29, 0.717) is 23.4 Å². The molecule has 0 aromatic carbocycles. The van der Waals surface area contributed by atoms with Crippen molar-refractivity contribution in [3.05, 3.63) is 0 Å². The highest BCUT2D eigenvalue weighted by atomic mass is 16.5. The van der Waals surface area contributed by atoms with Crippen LogP contribution in [-0.4, -0.2) is 25.7 Å². The third-order valence-corrected chi connectivity index (χ3v) is 4.13. The van der Waals surface area contributed by atoms with Gasteiger partial charge in [0, 0.05) is 12.6 Å². The first-order chi connectivity index (χ1) is 8.47. The fourth-order valence-corrected chi connectivity index (χ4v) is 3.74. The molecule has 1 aliphatic carbocycles. The van der Waals surface area contributed by atoms with E-state index in [-0.39, 0.29) is 5.97 Å². The van der Waals surface area contributed by atoms with Crippen LogP contribution in [0, 0.1) is 16.2 Å². The molecule has 0 aromatic rings. The first-order valence-corrected chi connectivity index (χ1v) is 7.29. The second-order valence-corrected chi connectivity index (χ2v) is 8.37. The Morgan fingerprint density at radius 1 is 1.21 bits per heavy atom. The minimum Gasteiger partial charge on any atom is -0.469 e. The van der Waals surface area contributed by atoms with Crippen molar-refractivity contribution in [3.8, 4) is 0 Å². The number of hydrogen-bond donors (Lipinski definition) is 1. The summed E-state index contributed by atoms with van der Waals surface area (Å²) in [7, 11) is 1.46. The minimum absolute atomic E-state index is 0.144. The van der Waals surface area contributed by atoms with Crippen LogP contribution < -0.4 is 5.32 Å². The lowest BCUT2D eigenvalue weighted by molar-refractivity contribution is -0.150. The molecule has 1 N–H and O–H groups in total. The highest BCUT2D eigenvalue weighted by Gasteiger charge is 2.39. The number of nitrogens with one attached hydrogen (secondary N) is 1. The van der Waals surface area contributed by atoms with E-state index in [4.69, 9.17) is 4.74 Å². The van der Waals surface area contributed by atoms with Gasteiger partial charge in [-0.15, -0.1) is 0 Å². The van der Waals surface area contributed by atoms with Crippen LogP contribution in [0.2, 0.25) is 0 Å². The van der Waals surface area contributed by atoms with Crippen molar-refractivity contribution in [2.24, 2.45) is 16.2 Å². The summed E-state index contributed by atoms with van der Waals surface area (Å²) in [5, 5.41) is 3.59. The second-order valence-electron chi connectivity index (χ2n) is 8.37. The summed E-state index contributed by atoms with van der Waals surface area (Å²) < 4.78 is 4.86. The van der Waals surface area contributed by atoms with Crippen LogP contribution in [0.15, 0.2) is 0 Å². The molecule has 3 nitrogen and oxygen atoms in total. The van der Waals surface area contributed by atoms with Crippen molar-refractivity contribution in [3.63, 3.8) is 0 Å². The summed E-state index contributed by atoms with van der Waals surface area (Å²) in [5.41, 5.74) is 0.282. The van der Waals surface area contributed by atoms with Crippen LogP contribution in [0.3, 0.4) is 0 Å². The van der Waals surface area contributed by atoms with Crippen LogP contribution in [-0.2, 0) is 9.53 Å². The van der Waals surface area contributed by atoms with E-state index in [1.807, 2.05) is 13.8 Å². The maximum atomic E-state index is 11.7. The van der Waals surface area contributed by atoms with Crippen LogP contribution >= 0.6 is 0 Å². The lowest BCUT2D eigenvalue weighted by Crippen LogP contribution is -2.48. The predicted molar refractivity (Wildman–Crippen MR) is 79.0 cm³/mol. The lowest BCUT2D eigenvalue weighted by atomic mass is 9.63. The number of rotatable bonds is 4. The van der Waals surface area contributed by atoms with E-state index in [1.54, 1.807) is 0 Å². The van der Waals surface area contributed by atoms with E-state index < -0.39 is 5.41 Å². The first-order valence-electron chi connectivity index (χ1n) is 7.29. The van der Waals surface area contributed by atoms with Crippen LogP contribution in [0.5, 0.6) is 0 Å². The molecule has 0 bridgehead atoms. The molecular weight excluding hydrogens is 238 g/mol. The Morgan fingerprint density at radius 2 is 1.68 bits per heavy atom. The molecular formula is C16H31NO2. The standard InChI is InChI=1S/C16H31NO2/c1-14(2)8-12(9-15(3,4)10-14)17-11-16(5,6)13(18)19-7/h12,17H,8-11H2,1-7H3. The van der Waals surface area contributed by atoms with Gasteiger partial charge in [-0.2, -0.15) is 0 Å². The highest BCUT2D eigenvalue weighted by molar-refractivity contribution is 5.76. The summed E-state index contributed by atoms with van der Waals surface area (Å²) >= 11 is 0. The Kier molecular flexibility index (Phi) is 4.71. The number of carbonyl (C=O) groups is 1. The maximum absolute atomic E-state index is 11.7. The highest BCUT2D eigenvalue weighted by Crippen LogP contribution is 2.45. The molecule has 0 atom stereocenters. The molecule has 112 valence electrons. The van der Waals surface area contributed by atoms with Crippen LogP contribution in [0.1, 0.15) is 60.8 Å². The third-order valence-electron chi connectivity index (χ3n) is 4.13. The SMILES string of the molecule is COC(=O)C(C)(C)CNC1CC(C)(C)CC(C)(C)C1. The molecule has 0 aromatic heterocycles. The van der Waals surface area contributed by atoms with Crippen LogP contribution in [0.4, 0.5) is 0 Å². The monoisotopic (exact) mass is 269 g/mol. The number of esters is 1. The Hall–Kier alpha value is -0.570. The molecule has 1 saturated carbocycles. The molecule has 0 radical (unpaired) electrons. The van der Waals surface area contributed by atoms with E-state index in [2.05, 4.69) is 33.0 Å². The van der Waals surface area contributed by atoms with Gasteiger partial charge in [-0.3, -0.25) is 4.79 Å². The fraction of sp³-hybridized carbons (Fsp3) is 0.938. The Labute approximate surface area is 118 Å². The van der Waals surface area contributed by atoms with Crippen molar-refractivity contribution in [1.82, 2.24) is 5.32 Å². The van der Waals surface area contributed by atoms with Crippen molar-refractivity contribution < 1.29 is 9.53 Å². The topological polar surface area (TPSA) is 38.3 Å². The predicted octanol–water partition coefficient (Wildman–Crippen LogP) is 3.38. The van der Waals surface area contributed by atoms with E-state index >= 15 is 0 Å². The summed E-state index contributed by atoms with van der Waals surface area (Å²) in [6.07, 6.45) is 3.61. The van der Waals surface area contributed by atoms with Gasteiger partial charge >= 0.3 is 5.97 Å². The number of methoxy groups -OCH3 is 1. The van der Waals surface area contributed by atoms with E-state index in [0.717, 1.165) is 0 Å². The Morgan fingerprint density at radius 3 is 2.11 bits per heavy atom. The quantitative estimate of drug-likeness (QED) is 0.795. The number of ether oxygens (including phenoxy) is 1. The van der Waals surface area contributed by atoms with Gasteiger partial charge in [0.1, 0.15) is 0 Å². The number of carbonyl (C=O) groups excluding carboxylic acids is 1. The zero-order chi connectivity index (χ0) is 14.9. The molecule has 1 aliphatic rings. The van der Waals surface area contributed by atoms with Crippen molar-refractivity contribution in [2.75, 3.05) is 13.7 Å². The molecule has 0 heterocycles. The number of hydrogen-bond acceptors (Lipinski definition) is 3. The van der Waals surface area contributed by atoms with Gasteiger partial charge in [-0.1, -0.05) is 27.7 Å². The zero-order valence-electron chi connectivity index (χ0n) is 13.7. The Bertz CT molecular complexity index is 316. The van der Waals surface area contributed by atoms with Gasteiger partial charge in [0.05, 0.1) is 12.5 Å². The molecule has 1 fully saturated rings. The molecule has 0 aliphatic heterocycles. The summed E-state index contributed by atoms with van der Waals surface area (Å²) in [6.45, 7) is 13.9. The third kappa shape index (κ3) is 4.79. The molecule has 0 unspecified atom stereocenters. The first kappa shape index (κ1) is 16.5. The molecule has 0 amide bonds. The fourth-order valence-electron chi connectivity index (χ4n) is 3.74. The Balaban J connectivity index is 2.60. The molecule has 19 heavy (non-hydrogen) atoms. The molecule has 3 heteroatoms. The van der Waals surface area contributed by atoms with Gasteiger partial charge < -0.3 is 10.1 Å². The van der Waals surface area contributed by atoms with Crippen LogP contribution in [0.25, 0.3) is 0 Å². The average molecular weight is 269 g/mol. The largest absolute Gasteiger partial charge is 0.469 e. The normalized spacial score (nSPS) is 23.1. The van der Waals surface area contributed by atoms with Gasteiger partial charge in [-0.25, -0.2) is 0 Å².